The van der Waals surface area contributed by atoms with Crippen LogP contribution < -0.4 is 14.8 Å². The fourth-order valence-corrected chi connectivity index (χ4v) is 2.62. The van der Waals surface area contributed by atoms with Gasteiger partial charge in [0.1, 0.15) is 0 Å². The maximum Gasteiger partial charge on any atom is 0.179 e. The monoisotopic (exact) mass is 281 g/mol. The molecule has 1 aromatic carbocycles. The number of hydrogen-bond donors (Lipinski definition) is 1. The largest absolute Gasteiger partial charge is 0.489 e. The molecule has 4 heteroatoms. The Hall–Kier alpha value is -0.930. The summed E-state index contributed by atoms with van der Waals surface area (Å²) in [5, 5.41) is 4.12. The summed E-state index contributed by atoms with van der Waals surface area (Å²) >= 11 is 6.26. The van der Waals surface area contributed by atoms with Gasteiger partial charge in [-0.15, -0.1) is 0 Å². The van der Waals surface area contributed by atoms with Crippen LogP contribution in [0.2, 0.25) is 5.02 Å². The molecule has 104 valence electrons. The van der Waals surface area contributed by atoms with Crippen molar-refractivity contribution >= 4 is 11.6 Å². The number of nitrogens with one attached hydrogen (secondary N) is 1. The molecule has 1 N–H and O–H groups in total. The smallest absolute Gasteiger partial charge is 0.179 e. The van der Waals surface area contributed by atoms with Crippen molar-refractivity contribution in [3.05, 3.63) is 22.7 Å². The maximum absolute atomic E-state index is 6.26. The molecule has 0 atom stereocenters. The van der Waals surface area contributed by atoms with Crippen molar-refractivity contribution in [2.75, 3.05) is 19.8 Å². The van der Waals surface area contributed by atoms with Crippen molar-refractivity contribution in [3.63, 3.8) is 0 Å². The zero-order valence-corrected chi connectivity index (χ0v) is 11.8. The summed E-state index contributed by atoms with van der Waals surface area (Å²) in [6, 6.07) is 4.01. The highest BCUT2D eigenvalue weighted by molar-refractivity contribution is 6.32. The van der Waals surface area contributed by atoms with Crippen molar-refractivity contribution in [2.45, 2.75) is 32.2 Å². The van der Waals surface area contributed by atoms with Crippen LogP contribution in [0, 0.1) is 5.92 Å². The Labute approximate surface area is 119 Å². The average molecular weight is 282 g/mol. The highest BCUT2D eigenvalue weighted by atomic mass is 35.5. The first kappa shape index (κ1) is 13.1. The SMILES string of the molecule is Clc1cc(CNCCC2CC2)cc2c1OCCCO2. The predicted octanol–water partition coefficient (Wildman–Crippen LogP) is 3.39. The highest BCUT2D eigenvalue weighted by Gasteiger charge is 2.20. The summed E-state index contributed by atoms with van der Waals surface area (Å²) in [5.74, 6) is 2.45. The zero-order valence-electron chi connectivity index (χ0n) is 11.1. The molecule has 2 aliphatic rings. The normalized spacial score (nSPS) is 18.2. The van der Waals surface area contributed by atoms with Crippen molar-refractivity contribution in [2.24, 2.45) is 5.92 Å². The molecule has 1 saturated carbocycles. The summed E-state index contributed by atoms with van der Waals surface area (Å²) < 4.78 is 11.3. The van der Waals surface area contributed by atoms with Crippen LogP contribution in [0.5, 0.6) is 11.5 Å². The molecule has 1 heterocycles. The summed E-state index contributed by atoms with van der Waals surface area (Å²) in [4.78, 5) is 0. The average Bonchev–Trinajstić information content (AvgIpc) is 3.21. The van der Waals surface area contributed by atoms with Gasteiger partial charge in [-0.05, 0) is 36.6 Å². The lowest BCUT2D eigenvalue weighted by Gasteiger charge is -2.12. The summed E-state index contributed by atoms with van der Waals surface area (Å²) in [6.45, 7) is 3.29. The second kappa shape index (κ2) is 6.02. The number of hydrogen-bond acceptors (Lipinski definition) is 3. The molecule has 0 spiro atoms. The molecule has 1 fully saturated rings. The Balaban J connectivity index is 1.61. The number of fused-ring (bicyclic) bond motifs is 1. The maximum atomic E-state index is 6.26. The van der Waals surface area contributed by atoms with Gasteiger partial charge in [-0.2, -0.15) is 0 Å². The minimum absolute atomic E-state index is 0.651. The van der Waals surface area contributed by atoms with Gasteiger partial charge in [0.25, 0.3) is 0 Å². The second-order valence-corrected chi connectivity index (χ2v) is 5.77. The van der Waals surface area contributed by atoms with Crippen LogP contribution in [0.4, 0.5) is 0 Å². The van der Waals surface area contributed by atoms with Crippen LogP contribution >= 0.6 is 11.6 Å². The molecule has 0 radical (unpaired) electrons. The number of benzene rings is 1. The van der Waals surface area contributed by atoms with Gasteiger partial charge in [-0.25, -0.2) is 0 Å². The minimum atomic E-state index is 0.651. The molecule has 3 rings (SSSR count). The van der Waals surface area contributed by atoms with Crippen LogP contribution in [-0.2, 0) is 6.54 Å². The van der Waals surface area contributed by atoms with Crippen LogP contribution in [0.1, 0.15) is 31.2 Å². The summed E-state index contributed by atoms with van der Waals surface area (Å²) in [5.41, 5.74) is 1.16. The van der Waals surface area contributed by atoms with E-state index in [0.717, 1.165) is 36.7 Å². The Morgan fingerprint density at radius 1 is 1.21 bits per heavy atom. The van der Waals surface area contributed by atoms with Gasteiger partial charge in [0.2, 0.25) is 0 Å². The molecular weight excluding hydrogens is 262 g/mol. The van der Waals surface area contributed by atoms with Gasteiger partial charge in [0.05, 0.1) is 18.2 Å². The zero-order chi connectivity index (χ0) is 13.1. The van der Waals surface area contributed by atoms with E-state index >= 15 is 0 Å². The Morgan fingerprint density at radius 3 is 2.89 bits per heavy atom. The van der Waals surface area contributed by atoms with Crippen molar-refractivity contribution in [1.82, 2.24) is 5.32 Å². The lowest BCUT2D eigenvalue weighted by Crippen LogP contribution is -2.15. The van der Waals surface area contributed by atoms with Crippen LogP contribution in [0.25, 0.3) is 0 Å². The topological polar surface area (TPSA) is 30.5 Å². The molecular formula is C15H20ClNO2. The fourth-order valence-electron chi connectivity index (χ4n) is 2.33. The molecule has 3 nitrogen and oxygen atoms in total. The van der Waals surface area contributed by atoms with E-state index in [0.29, 0.717) is 24.0 Å². The third kappa shape index (κ3) is 3.54. The van der Waals surface area contributed by atoms with Gasteiger partial charge in [-0.1, -0.05) is 24.4 Å². The van der Waals surface area contributed by atoms with Gasteiger partial charge >= 0.3 is 0 Å². The Bertz CT molecular complexity index is 446. The van der Waals surface area contributed by atoms with E-state index in [-0.39, 0.29) is 0 Å². The fraction of sp³-hybridized carbons (Fsp3) is 0.600. The lowest BCUT2D eigenvalue weighted by atomic mass is 10.2. The summed E-state index contributed by atoms with van der Waals surface area (Å²) in [6.07, 6.45) is 5.02. The predicted molar refractivity (Wildman–Crippen MR) is 76.1 cm³/mol. The highest BCUT2D eigenvalue weighted by Crippen LogP contribution is 2.38. The Kier molecular flexibility index (Phi) is 4.14. The van der Waals surface area contributed by atoms with Gasteiger partial charge in [0, 0.05) is 13.0 Å². The Morgan fingerprint density at radius 2 is 2.05 bits per heavy atom. The van der Waals surface area contributed by atoms with Crippen LogP contribution in [0.15, 0.2) is 12.1 Å². The molecule has 0 saturated heterocycles. The van der Waals surface area contributed by atoms with Gasteiger partial charge < -0.3 is 14.8 Å². The standard InChI is InChI=1S/C15H20ClNO2/c16-13-8-12(10-17-5-4-11-2-3-11)9-14-15(13)19-7-1-6-18-14/h8-9,11,17H,1-7,10H2. The minimum Gasteiger partial charge on any atom is -0.489 e. The molecule has 0 bridgehead atoms. The number of ether oxygens (including phenoxy) is 2. The van der Waals surface area contributed by atoms with Crippen LogP contribution in [0.3, 0.4) is 0 Å². The quantitative estimate of drug-likeness (QED) is 0.839. The van der Waals surface area contributed by atoms with E-state index in [4.69, 9.17) is 21.1 Å². The van der Waals surface area contributed by atoms with Crippen molar-refractivity contribution in [3.8, 4) is 11.5 Å². The van der Waals surface area contributed by atoms with Crippen molar-refractivity contribution < 1.29 is 9.47 Å². The first-order chi connectivity index (χ1) is 9.33. The summed E-state index contributed by atoms with van der Waals surface area (Å²) in [7, 11) is 0. The number of halogens is 1. The van der Waals surface area contributed by atoms with E-state index in [1.54, 1.807) is 0 Å². The molecule has 1 aromatic rings. The third-order valence-corrected chi connectivity index (χ3v) is 3.90. The molecule has 0 aromatic heterocycles. The number of rotatable bonds is 5. The molecule has 0 amide bonds. The third-order valence-electron chi connectivity index (χ3n) is 3.62. The molecule has 0 unspecified atom stereocenters. The first-order valence-electron chi connectivity index (χ1n) is 7.11. The lowest BCUT2D eigenvalue weighted by molar-refractivity contribution is 0.297. The van der Waals surface area contributed by atoms with Gasteiger partial charge in [-0.3, -0.25) is 0 Å². The van der Waals surface area contributed by atoms with E-state index in [2.05, 4.69) is 5.32 Å². The first-order valence-corrected chi connectivity index (χ1v) is 7.49. The molecule has 19 heavy (non-hydrogen) atoms. The second-order valence-electron chi connectivity index (χ2n) is 5.36. The van der Waals surface area contributed by atoms with Crippen molar-refractivity contribution in [1.29, 1.82) is 0 Å². The van der Waals surface area contributed by atoms with E-state index in [1.165, 1.54) is 19.3 Å². The van der Waals surface area contributed by atoms with E-state index in [1.807, 2.05) is 12.1 Å². The molecule has 1 aliphatic carbocycles. The van der Waals surface area contributed by atoms with Gasteiger partial charge in [0.15, 0.2) is 11.5 Å². The molecule has 1 aliphatic heterocycles. The van der Waals surface area contributed by atoms with E-state index < -0.39 is 0 Å². The van der Waals surface area contributed by atoms with Crippen LogP contribution in [-0.4, -0.2) is 19.8 Å². The van der Waals surface area contributed by atoms with E-state index in [9.17, 15) is 0 Å².